The normalized spacial score (nSPS) is 10.5. The molecule has 0 saturated carbocycles. The highest BCUT2D eigenvalue weighted by Crippen LogP contribution is 2.15. The fraction of sp³-hybridized carbons (Fsp3) is 0.235. The molecule has 0 aliphatic carbocycles. The molecule has 1 heterocycles. The molecular weight excluding hydrogens is 292 g/mol. The second-order valence-electron chi connectivity index (χ2n) is 4.81. The van der Waals surface area contributed by atoms with Crippen molar-refractivity contribution >= 4 is 17.9 Å². The molecule has 1 aromatic carbocycles. The number of nitrogens with zero attached hydrogens (tertiary/aromatic N) is 2. The first-order chi connectivity index (χ1) is 11.3. The van der Waals surface area contributed by atoms with Gasteiger partial charge in [-0.05, 0) is 42.8 Å². The molecule has 2 N–H and O–H groups in total. The summed E-state index contributed by atoms with van der Waals surface area (Å²) in [4.78, 5) is 15.8. The molecule has 0 atom stereocenters. The van der Waals surface area contributed by atoms with Crippen molar-refractivity contribution in [2.24, 2.45) is 5.10 Å². The highest BCUT2D eigenvalue weighted by Gasteiger charge is 2.00. The topological polar surface area (TPSA) is 75.6 Å². The predicted octanol–water partition coefficient (Wildman–Crippen LogP) is 3.42. The zero-order valence-electron chi connectivity index (χ0n) is 13.0. The summed E-state index contributed by atoms with van der Waals surface area (Å²) < 4.78 is 5.56. The van der Waals surface area contributed by atoms with Crippen molar-refractivity contribution in [3.05, 3.63) is 54.4 Å². The van der Waals surface area contributed by atoms with Gasteiger partial charge < -0.3 is 10.1 Å². The summed E-state index contributed by atoms with van der Waals surface area (Å²) >= 11 is 0. The monoisotopic (exact) mass is 312 g/mol. The lowest BCUT2D eigenvalue weighted by Gasteiger charge is -2.07. The van der Waals surface area contributed by atoms with Crippen molar-refractivity contribution in [2.45, 2.75) is 19.8 Å². The largest absolute Gasteiger partial charge is 0.494 e. The number of carbonyl (C=O) groups excluding carboxylic acids is 1. The van der Waals surface area contributed by atoms with Gasteiger partial charge in [0.05, 0.1) is 18.5 Å². The van der Waals surface area contributed by atoms with Gasteiger partial charge in [0.1, 0.15) is 5.75 Å². The van der Waals surface area contributed by atoms with Crippen LogP contribution in [0.1, 0.15) is 25.5 Å². The first kappa shape index (κ1) is 16.5. The SMILES string of the molecule is CCCCOc1ccc(NC(=O)NN=Cc2ccccn2)cc1. The van der Waals surface area contributed by atoms with E-state index in [2.05, 4.69) is 27.8 Å². The van der Waals surface area contributed by atoms with Crippen LogP contribution in [0.5, 0.6) is 5.75 Å². The maximum Gasteiger partial charge on any atom is 0.339 e. The fourth-order valence-electron chi connectivity index (χ4n) is 1.74. The Kier molecular flexibility index (Phi) is 6.59. The minimum atomic E-state index is -0.420. The van der Waals surface area contributed by atoms with E-state index in [0.29, 0.717) is 18.0 Å². The third-order valence-corrected chi connectivity index (χ3v) is 2.93. The standard InChI is InChI=1S/C17H20N4O2/c1-2-3-12-23-16-9-7-14(8-10-16)20-17(22)21-19-13-15-6-4-5-11-18-15/h4-11,13H,2-3,12H2,1H3,(H2,20,21,22). The van der Waals surface area contributed by atoms with Crippen LogP contribution in [0, 0.1) is 0 Å². The number of aromatic nitrogens is 1. The molecule has 120 valence electrons. The second-order valence-corrected chi connectivity index (χ2v) is 4.81. The Morgan fingerprint density at radius 1 is 1.26 bits per heavy atom. The third-order valence-electron chi connectivity index (χ3n) is 2.93. The van der Waals surface area contributed by atoms with Gasteiger partial charge in [0, 0.05) is 11.9 Å². The number of hydrogen-bond donors (Lipinski definition) is 2. The number of nitrogens with one attached hydrogen (secondary N) is 2. The van der Waals surface area contributed by atoms with Gasteiger partial charge in [-0.1, -0.05) is 19.4 Å². The van der Waals surface area contributed by atoms with E-state index in [4.69, 9.17) is 4.74 Å². The maximum absolute atomic E-state index is 11.7. The Bertz CT molecular complexity index is 627. The van der Waals surface area contributed by atoms with Crippen molar-refractivity contribution in [3.8, 4) is 5.75 Å². The van der Waals surface area contributed by atoms with Crippen LogP contribution in [-0.2, 0) is 0 Å². The number of hydrogen-bond acceptors (Lipinski definition) is 4. The van der Waals surface area contributed by atoms with Crippen LogP contribution in [0.4, 0.5) is 10.5 Å². The van der Waals surface area contributed by atoms with E-state index in [1.165, 1.54) is 6.21 Å². The number of unbranched alkanes of at least 4 members (excludes halogenated alkanes) is 1. The number of ether oxygens (including phenoxy) is 1. The highest BCUT2D eigenvalue weighted by molar-refractivity contribution is 5.90. The number of amides is 2. The zero-order valence-corrected chi connectivity index (χ0v) is 13.0. The van der Waals surface area contributed by atoms with Crippen molar-refractivity contribution in [3.63, 3.8) is 0 Å². The van der Waals surface area contributed by atoms with Crippen LogP contribution < -0.4 is 15.5 Å². The minimum absolute atomic E-state index is 0.420. The Labute approximate surface area is 135 Å². The van der Waals surface area contributed by atoms with E-state index < -0.39 is 6.03 Å². The van der Waals surface area contributed by atoms with Crippen LogP contribution in [-0.4, -0.2) is 23.8 Å². The van der Waals surface area contributed by atoms with Crippen molar-refractivity contribution in [2.75, 3.05) is 11.9 Å². The molecule has 23 heavy (non-hydrogen) atoms. The lowest BCUT2D eigenvalue weighted by atomic mass is 10.3. The van der Waals surface area contributed by atoms with Gasteiger partial charge in [0.15, 0.2) is 0 Å². The molecule has 2 aromatic rings. The summed E-state index contributed by atoms with van der Waals surface area (Å²) in [5.41, 5.74) is 3.72. The molecular formula is C17H20N4O2. The molecule has 0 aliphatic rings. The summed E-state index contributed by atoms with van der Waals surface area (Å²) in [7, 11) is 0. The number of carbonyl (C=O) groups is 1. The Hall–Kier alpha value is -2.89. The Balaban J connectivity index is 1.77. The zero-order chi connectivity index (χ0) is 16.3. The van der Waals surface area contributed by atoms with Crippen molar-refractivity contribution in [1.29, 1.82) is 0 Å². The number of benzene rings is 1. The van der Waals surface area contributed by atoms with Crippen LogP contribution in [0.15, 0.2) is 53.8 Å². The Morgan fingerprint density at radius 3 is 2.78 bits per heavy atom. The van der Waals surface area contributed by atoms with Crippen LogP contribution in [0.25, 0.3) is 0 Å². The van der Waals surface area contributed by atoms with E-state index in [9.17, 15) is 4.79 Å². The summed E-state index contributed by atoms with van der Waals surface area (Å²) in [6.45, 7) is 2.82. The third kappa shape index (κ3) is 6.17. The molecule has 0 radical (unpaired) electrons. The van der Waals surface area contributed by atoms with Crippen LogP contribution >= 0.6 is 0 Å². The van der Waals surface area contributed by atoms with Crippen LogP contribution in [0.3, 0.4) is 0 Å². The summed E-state index contributed by atoms with van der Waals surface area (Å²) in [5, 5.41) is 6.51. The van der Waals surface area contributed by atoms with E-state index in [0.717, 1.165) is 18.6 Å². The molecule has 0 spiro atoms. The Morgan fingerprint density at radius 2 is 2.09 bits per heavy atom. The summed E-state index contributed by atoms with van der Waals surface area (Å²) in [6, 6.07) is 12.2. The average molecular weight is 312 g/mol. The van der Waals surface area contributed by atoms with Crippen molar-refractivity contribution < 1.29 is 9.53 Å². The molecule has 2 rings (SSSR count). The van der Waals surface area contributed by atoms with E-state index in [1.54, 1.807) is 24.4 Å². The molecule has 6 heteroatoms. The number of anilines is 1. The minimum Gasteiger partial charge on any atom is -0.494 e. The quantitative estimate of drug-likeness (QED) is 0.467. The smallest absolute Gasteiger partial charge is 0.339 e. The van der Waals surface area contributed by atoms with E-state index in [1.807, 2.05) is 24.3 Å². The molecule has 0 saturated heterocycles. The van der Waals surface area contributed by atoms with Crippen molar-refractivity contribution in [1.82, 2.24) is 10.4 Å². The van der Waals surface area contributed by atoms with Gasteiger partial charge >= 0.3 is 6.03 Å². The molecule has 1 aromatic heterocycles. The second kappa shape index (κ2) is 9.19. The van der Waals surface area contributed by atoms with Gasteiger partial charge in [-0.2, -0.15) is 5.10 Å². The van der Waals surface area contributed by atoms with Gasteiger partial charge in [-0.15, -0.1) is 0 Å². The number of hydrazone groups is 1. The average Bonchev–Trinajstić information content (AvgIpc) is 2.58. The first-order valence-electron chi connectivity index (χ1n) is 7.52. The molecule has 6 nitrogen and oxygen atoms in total. The lowest BCUT2D eigenvalue weighted by molar-refractivity contribution is 0.252. The molecule has 0 aliphatic heterocycles. The van der Waals surface area contributed by atoms with E-state index in [-0.39, 0.29) is 0 Å². The molecule has 0 unspecified atom stereocenters. The van der Waals surface area contributed by atoms with Gasteiger partial charge in [-0.3, -0.25) is 4.98 Å². The predicted molar refractivity (Wildman–Crippen MR) is 90.8 cm³/mol. The van der Waals surface area contributed by atoms with Crippen LogP contribution in [0.2, 0.25) is 0 Å². The molecule has 0 fully saturated rings. The van der Waals surface area contributed by atoms with Gasteiger partial charge in [0.25, 0.3) is 0 Å². The summed E-state index contributed by atoms with van der Waals surface area (Å²) in [5.74, 6) is 0.789. The number of pyridine rings is 1. The van der Waals surface area contributed by atoms with Gasteiger partial charge in [0.2, 0.25) is 0 Å². The maximum atomic E-state index is 11.7. The molecule has 0 bridgehead atoms. The fourth-order valence-corrected chi connectivity index (χ4v) is 1.74. The van der Waals surface area contributed by atoms with Gasteiger partial charge in [-0.25, -0.2) is 10.2 Å². The van der Waals surface area contributed by atoms with E-state index >= 15 is 0 Å². The molecule has 2 amide bonds. The first-order valence-corrected chi connectivity index (χ1v) is 7.52. The number of rotatable bonds is 7. The summed E-state index contributed by atoms with van der Waals surface area (Å²) in [6.07, 6.45) is 5.26. The lowest BCUT2D eigenvalue weighted by Crippen LogP contribution is -2.24. The highest BCUT2D eigenvalue weighted by atomic mass is 16.5. The number of urea groups is 1.